The molecule has 2 rings (SSSR count). The quantitative estimate of drug-likeness (QED) is 0.641. The molecule has 7 nitrogen and oxygen atoms in total. The molecular formula is C20H31ClN4O3. The van der Waals surface area contributed by atoms with E-state index in [-0.39, 0.29) is 17.7 Å². The molecule has 2 amide bonds. The number of morpholine rings is 1. The fourth-order valence-electron chi connectivity index (χ4n) is 2.79. The number of rotatable bonds is 8. The number of carbonyl (C=O) groups excluding carboxylic acids is 2. The highest BCUT2D eigenvalue weighted by Gasteiger charge is 2.27. The molecule has 2 N–H and O–H groups in total. The normalized spacial score (nSPS) is 15.2. The number of carbonyl (C=O) groups is 2. The Labute approximate surface area is 172 Å². The van der Waals surface area contributed by atoms with E-state index in [1.165, 1.54) is 0 Å². The molecule has 0 atom stereocenters. The Bertz CT molecular complexity index is 688. The van der Waals surface area contributed by atoms with Gasteiger partial charge >= 0.3 is 0 Å². The zero-order valence-corrected chi connectivity index (χ0v) is 17.9. The van der Waals surface area contributed by atoms with Crippen LogP contribution in [0.5, 0.6) is 0 Å². The Morgan fingerprint density at radius 1 is 1.25 bits per heavy atom. The number of amides is 2. The number of hydrogen-bond acceptors (Lipinski definition) is 5. The molecule has 1 fully saturated rings. The van der Waals surface area contributed by atoms with Gasteiger partial charge in [-0.3, -0.25) is 14.5 Å². The van der Waals surface area contributed by atoms with Crippen LogP contribution in [0.15, 0.2) is 18.2 Å². The Hall–Kier alpha value is -1.83. The van der Waals surface area contributed by atoms with Gasteiger partial charge in [0.25, 0.3) is 5.91 Å². The third kappa shape index (κ3) is 6.09. The number of benzene rings is 1. The largest absolute Gasteiger partial charge is 0.379 e. The number of nitrogens with one attached hydrogen (secondary N) is 2. The number of alkyl halides is 1. The molecular weight excluding hydrogens is 380 g/mol. The molecule has 1 aromatic rings. The standard InChI is InChI=1S/C20H31ClN4O3/c1-20(2,14-21)19(27)23-15-5-6-17(24(3)4)16(13-15)18(26)22-7-8-25-9-11-28-12-10-25/h5-6,13H,7-12,14H2,1-4H3,(H,22,26)(H,23,27). The Balaban J connectivity index is 2.07. The van der Waals surface area contributed by atoms with Crippen molar-refractivity contribution < 1.29 is 14.3 Å². The lowest BCUT2D eigenvalue weighted by molar-refractivity contribution is -0.122. The first-order valence-corrected chi connectivity index (χ1v) is 10.0. The van der Waals surface area contributed by atoms with E-state index >= 15 is 0 Å². The monoisotopic (exact) mass is 410 g/mol. The van der Waals surface area contributed by atoms with Crippen LogP contribution in [0.1, 0.15) is 24.2 Å². The van der Waals surface area contributed by atoms with Crippen LogP contribution in [0.25, 0.3) is 0 Å². The molecule has 0 aromatic heterocycles. The maximum Gasteiger partial charge on any atom is 0.253 e. The minimum Gasteiger partial charge on any atom is -0.379 e. The first kappa shape index (κ1) is 22.5. The van der Waals surface area contributed by atoms with Crippen molar-refractivity contribution in [3.8, 4) is 0 Å². The molecule has 8 heteroatoms. The lowest BCUT2D eigenvalue weighted by atomic mass is 9.95. The smallest absolute Gasteiger partial charge is 0.253 e. The van der Waals surface area contributed by atoms with Crippen LogP contribution in [-0.2, 0) is 9.53 Å². The van der Waals surface area contributed by atoms with Gasteiger partial charge in [0.15, 0.2) is 0 Å². The summed E-state index contributed by atoms with van der Waals surface area (Å²) in [5.74, 6) is -0.132. The van der Waals surface area contributed by atoms with E-state index in [1.807, 2.05) is 25.1 Å². The topological polar surface area (TPSA) is 73.9 Å². The van der Waals surface area contributed by atoms with Gasteiger partial charge in [-0.2, -0.15) is 0 Å². The van der Waals surface area contributed by atoms with E-state index < -0.39 is 5.41 Å². The maximum absolute atomic E-state index is 12.8. The summed E-state index contributed by atoms with van der Waals surface area (Å²) in [4.78, 5) is 29.3. The van der Waals surface area contributed by atoms with Gasteiger partial charge in [-0.25, -0.2) is 0 Å². The third-order valence-corrected chi connectivity index (χ3v) is 5.42. The maximum atomic E-state index is 12.8. The van der Waals surface area contributed by atoms with Crippen molar-refractivity contribution in [2.24, 2.45) is 5.41 Å². The molecule has 1 aromatic carbocycles. The first-order valence-electron chi connectivity index (χ1n) is 9.51. The van der Waals surface area contributed by atoms with Crippen molar-refractivity contribution in [3.05, 3.63) is 23.8 Å². The van der Waals surface area contributed by atoms with Crippen LogP contribution < -0.4 is 15.5 Å². The molecule has 1 aliphatic heterocycles. The van der Waals surface area contributed by atoms with Crippen molar-refractivity contribution in [2.45, 2.75) is 13.8 Å². The number of halogens is 1. The Morgan fingerprint density at radius 3 is 2.54 bits per heavy atom. The van der Waals surface area contributed by atoms with Crippen LogP contribution in [0.2, 0.25) is 0 Å². The van der Waals surface area contributed by atoms with Crippen LogP contribution in [0.4, 0.5) is 11.4 Å². The first-order chi connectivity index (χ1) is 13.2. The molecule has 0 aliphatic carbocycles. The second-order valence-corrected chi connectivity index (χ2v) is 8.08. The van der Waals surface area contributed by atoms with E-state index in [0.717, 1.165) is 38.5 Å². The van der Waals surface area contributed by atoms with Gasteiger partial charge < -0.3 is 20.3 Å². The molecule has 0 saturated carbocycles. The summed E-state index contributed by atoms with van der Waals surface area (Å²) in [6, 6.07) is 5.34. The number of anilines is 2. The molecule has 0 bridgehead atoms. The average Bonchev–Trinajstić information content (AvgIpc) is 2.68. The molecule has 28 heavy (non-hydrogen) atoms. The Kier molecular flexibility index (Phi) is 8.10. The molecule has 1 aliphatic rings. The van der Waals surface area contributed by atoms with Crippen molar-refractivity contribution in [1.29, 1.82) is 0 Å². The van der Waals surface area contributed by atoms with Gasteiger partial charge in [0.05, 0.1) is 24.2 Å². The van der Waals surface area contributed by atoms with E-state index in [4.69, 9.17) is 16.3 Å². The third-order valence-electron chi connectivity index (χ3n) is 4.75. The summed E-state index contributed by atoms with van der Waals surface area (Å²) < 4.78 is 5.34. The predicted octanol–water partition coefficient (Wildman–Crippen LogP) is 2.02. The highest BCUT2D eigenvalue weighted by atomic mass is 35.5. The fourth-order valence-corrected chi connectivity index (χ4v) is 2.92. The van der Waals surface area contributed by atoms with E-state index in [9.17, 15) is 9.59 Å². The summed E-state index contributed by atoms with van der Waals surface area (Å²) in [5, 5.41) is 5.84. The van der Waals surface area contributed by atoms with E-state index in [2.05, 4.69) is 15.5 Å². The Morgan fingerprint density at radius 2 is 1.93 bits per heavy atom. The summed E-state index contributed by atoms with van der Waals surface area (Å²) in [6.07, 6.45) is 0. The van der Waals surface area contributed by atoms with Gasteiger partial charge in [-0.15, -0.1) is 11.6 Å². The summed E-state index contributed by atoms with van der Waals surface area (Å²) >= 11 is 5.88. The van der Waals surface area contributed by atoms with Crippen LogP contribution in [-0.4, -0.2) is 76.1 Å². The second kappa shape index (κ2) is 10.1. The van der Waals surface area contributed by atoms with Crippen molar-refractivity contribution >= 4 is 34.8 Å². The van der Waals surface area contributed by atoms with Crippen LogP contribution >= 0.6 is 11.6 Å². The van der Waals surface area contributed by atoms with Gasteiger partial charge in [0.2, 0.25) is 5.91 Å². The molecule has 0 unspecified atom stereocenters. The summed E-state index contributed by atoms with van der Waals surface area (Å²) in [6.45, 7) is 8.14. The van der Waals surface area contributed by atoms with Gasteiger partial charge in [-0.05, 0) is 32.0 Å². The molecule has 1 saturated heterocycles. The van der Waals surface area contributed by atoms with E-state index in [1.54, 1.807) is 26.0 Å². The second-order valence-electron chi connectivity index (χ2n) is 7.81. The molecule has 0 radical (unpaired) electrons. The molecule has 156 valence electrons. The highest BCUT2D eigenvalue weighted by molar-refractivity contribution is 6.20. The van der Waals surface area contributed by atoms with E-state index in [0.29, 0.717) is 17.8 Å². The lowest BCUT2D eigenvalue weighted by Gasteiger charge is -2.26. The minimum absolute atomic E-state index is 0.162. The van der Waals surface area contributed by atoms with Gasteiger partial charge in [-0.1, -0.05) is 0 Å². The summed E-state index contributed by atoms with van der Waals surface area (Å²) in [5.41, 5.74) is 1.20. The number of ether oxygens (including phenoxy) is 1. The number of nitrogens with zero attached hydrogens (tertiary/aromatic N) is 2. The van der Waals surface area contributed by atoms with Crippen LogP contribution in [0, 0.1) is 5.41 Å². The summed E-state index contributed by atoms with van der Waals surface area (Å²) in [7, 11) is 3.77. The lowest BCUT2D eigenvalue weighted by Crippen LogP contribution is -2.41. The van der Waals surface area contributed by atoms with Crippen molar-refractivity contribution in [3.63, 3.8) is 0 Å². The zero-order valence-electron chi connectivity index (χ0n) is 17.2. The van der Waals surface area contributed by atoms with Gasteiger partial charge in [0, 0.05) is 57.5 Å². The average molecular weight is 411 g/mol. The van der Waals surface area contributed by atoms with Crippen LogP contribution in [0.3, 0.4) is 0 Å². The number of hydrogen-bond donors (Lipinski definition) is 2. The highest BCUT2D eigenvalue weighted by Crippen LogP contribution is 2.25. The predicted molar refractivity (Wildman–Crippen MR) is 113 cm³/mol. The minimum atomic E-state index is -0.692. The van der Waals surface area contributed by atoms with Crippen molar-refractivity contribution in [2.75, 3.05) is 69.6 Å². The SMILES string of the molecule is CN(C)c1ccc(NC(=O)C(C)(C)CCl)cc1C(=O)NCCN1CCOCC1. The van der Waals surface area contributed by atoms with Crippen molar-refractivity contribution in [1.82, 2.24) is 10.2 Å². The fraction of sp³-hybridized carbons (Fsp3) is 0.600. The molecule has 0 spiro atoms. The van der Waals surface area contributed by atoms with Gasteiger partial charge in [0.1, 0.15) is 0 Å². The molecule has 1 heterocycles. The zero-order chi connectivity index (χ0) is 20.7.